The van der Waals surface area contributed by atoms with Crippen molar-refractivity contribution in [1.82, 2.24) is 15.5 Å². The van der Waals surface area contributed by atoms with E-state index < -0.39 is 0 Å². The van der Waals surface area contributed by atoms with E-state index in [2.05, 4.69) is 29.4 Å². The highest BCUT2D eigenvalue weighted by molar-refractivity contribution is 5.16. The fraction of sp³-hybridized carbons (Fsp3) is 0.800. The monoisotopic (exact) mass is 263 g/mol. The van der Waals surface area contributed by atoms with Gasteiger partial charge in [0.1, 0.15) is 0 Å². The van der Waals surface area contributed by atoms with Crippen LogP contribution in [0.2, 0.25) is 0 Å². The molecule has 0 bridgehead atoms. The summed E-state index contributed by atoms with van der Waals surface area (Å²) in [6.07, 6.45) is 8.99. The number of nitrogens with zero attached hydrogens (tertiary/aromatic N) is 1. The van der Waals surface area contributed by atoms with Crippen molar-refractivity contribution in [3.8, 4) is 0 Å². The molecule has 0 aliphatic heterocycles. The van der Waals surface area contributed by atoms with Gasteiger partial charge in [-0.25, -0.2) is 0 Å². The number of H-pyrrole nitrogens is 1. The van der Waals surface area contributed by atoms with E-state index >= 15 is 0 Å². The van der Waals surface area contributed by atoms with Gasteiger partial charge in [0.05, 0.1) is 12.3 Å². The highest BCUT2D eigenvalue weighted by Crippen LogP contribution is 2.54. The van der Waals surface area contributed by atoms with Gasteiger partial charge in [0.15, 0.2) is 0 Å². The van der Waals surface area contributed by atoms with Gasteiger partial charge in [-0.2, -0.15) is 5.10 Å². The topological polar surface area (TPSA) is 49.9 Å². The molecule has 19 heavy (non-hydrogen) atoms. The molecule has 4 heteroatoms. The first-order valence-corrected chi connectivity index (χ1v) is 7.60. The Kier molecular flexibility index (Phi) is 3.63. The second-order valence-corrected chi connectivity index (χ2v) is 6.07. The van der Waals surface area contributed by atoms with Crippen LogP contribution >= 0.6 is 0 Å². The Morgan fingerprint density at radius 3 is 2.89 bits per heavy atom. The van der Waals surface area contributed by atoms with Gasteiger partial charge < -0.3 is 10.1 Å². The number of ether oxygens (including phenoxy) is 1. The highest BCUT2D eigenvalue weighted by Gasteiger charge is 2.56. The van der Waals surface area contributed by atoms with Crippen LogP contribution in [-0.4, -0.2) is 29.0 Å². The summed E-state index contributed by atoms with van der Waals surface area (Å²) in [4.78, 5) is 0. The summed E-state index contributed by atoms with van der Waals surface area (Å²) in [6, 6.07) is 0.626. The molecule has 2 atom stereocenters. The Bertz CT molecular complexity index is 423. The summed E-state index contributed by atoms with van der Waals surface area (Å²) in [5, 5.41) is 10.8. The van der Waals surface area contributed by atoms with Crippen molar-refractivity contribution < 1.29 is 4.74 Å². The lowest BCUT2D eigenvalue weighted by molar-refractivity contribution is -0.130. The standard InChI is InChI=1S/C15H25N3O/c1-3-19-14-8-13(15(14)6-4-5-7-15)16-9-12-10-17-18-11(12)2/h10,13-14,16H,3-9H2,1-2H3,(H,17,18)/t13-,14+/m1/s1. The number of hydrogen-bond acceptors (Lipinski definition) is 3. The summed E-state index contributed by atoms with van der Waals surface area (Å²) in [6.45, 7) is 5.96. The van der Waals surface area contributed by atoms with Crippen LogP contribution in [0.15, 0.2) is 6.20 Å². The number of aromatic amines is 1. The predicted octanol–water partition coefficient (Wildman–Crippen LogP) is 2.55. The molecule has 1 aromatic rings. The third-order valence-corrected chi connectivity index (χ3v) is 5.16. The minimum absolute atomic E-state index is 0.424. The van der Waals surface area contributed by atoms with E-state index in [0.29, 0.717) is 17.6 Å². The van der Waals surface area contributed by atoms with Gasteiger partial charge in [0.2, 0.25) is 0 Å². The predicted molar refractivity (Wildman–Crippen MR) is 74.9 cm³/mol. The third-order valence-electron chi connectivity index (χ3n) is 5.16. The summed E-state index contributed by atoms with van der Waals surface area (Å²) in [7, 11) is 0. The zero-order valence-corrected chi connectivity index (χ0v) is 12.0. The number of nitrogens with one attached hydrogen (secondary N) is 2. The molecule has 0 radical (unpaired) electrons. The largest absolute Gasteiger partial charge is 0.378 e. The molecular weight excluding hydrogens is 238 g/mol. The quantitative estimate of drug-likeness (QED) is 0.858. The summed E-state index contributed by atoms with van der Waals surface area (Å²) >= 11 is 0. The molecule has 2 fully saturated rings. The van der Waals surface area contributed by atoms with Crippen LogP contribution in [-0.2, 0) is 11.3 Å². The van der Waals surface area contributed by atoms with E-state index in [-0.39, 0.29) is 0 Å². The van der Waals surface area contributed by atoms with Crippen molar-refractivity contribution in [2.45, 2.75) is 64.6 Å². The maximum absolute atomic E-state index is 5.95. The summed E-state index contributed by atoms with van der Waals surface area (Å²) in [5.74, 6) is 0. The average molecular weight is 263 g/mol. The Morgan fingerprint density at radius 2 is 2.26 bits per heavy atom. The minimum atomic E-state index is 0.424. The molecule has 2 N–H and O–H groups in total. The van der Waals surface area contributed by atoms with Crippen LogP contribution in [0.3, 0.4) is 0 Å². The Hall–Kier alpha value is -0.870. The Labute approximate surface area is 115 Å². The lowest BCUT2D eigenvalue weighted by atomic mass is 9.60. The molecule has 0 aromatic carbocycles. The van der Waals surface area contributed by atoms with Crippen molar-refractivity contribution in [3.63, 3.8) is 0 Å². The van der Waals surface area contributed by atoms with Crippen LogP contribution in [0, 0.1) is 12.3 Å². The Balaban J connectivity index is 1.61. The molecule has 0 saturated heterocycles. The van der Waals surface area contributed by atoms with Gasteiger partial charge in [-0.15, -0.1) is 0 Å². The van der Waals surface area contributed by atoms with Crippen molar-refractivity contribution in [3.05, 3.63) is 17.5 Å². The molecule has 2 saturated carbocycles. The molecule has 1 spiro atoms. The van der Waals surface area contributed by atoms with Crippen molar-refractivity contribution >= 4 is 0 Å². The zero-order valence-electron chi connectivity index (χ0n) is 12.0. The number of hydrogen-bond donors (Lipinski definition) is 2. The lowest BCUT2D eigenvalue weighted by Gasteiger charge is -2.54. The van der Waals surface area contributed by atoms with Crippen LogP contribution in [0.1, 0.15) is 50.3 Å². The van der Waals surface area contributed by atoms with Gasteiger partial charge in [-0.05, 0) is 33.1 Å². The van der Waals surface area contributed by atoms with E-state index in [4.69, 9.17) is 4.74 Å². The molecule has 0 unspecified atom stereocenters. The minimum Gasteiger partial charge on any atom is -0.378 e. The first-order valence-electron chi connectivity index (χ1n) is 7.60. The third kappa shape index (κ3) is 2.21. The fourth-order valence-electron chi connectivity index (χ4n) is 3.96. The van der Waals surface area contributed by atoms with Gasteiger partial charge >= 0.3 is 0 Å². The Morgan fingerprint density at radius 1 is 1.47 bits per heavy atom. The smallest absolute Gasteiger partial charge is 0.0661 e. The maximum atomic E-state index is 5.95. The van der Waals surface area contributed by atoms with Gasteiger partial charge in [-0.1, -0.05) is 12.8 Å². The van der Waals surface area contributed by atoms with Crippen LogP contribution < -0.4 is 5.32 Å². The molecule has 2 aliphatic carbocycles. The van der Waals surface area contributed by atoms with Gasteiger partial charge in [-0.3, -0.25) is 5.10 Å². The maximum Gasteiger partial charge on any atom is 0.0661 e. The van der Waals surface area contributed by atoms with Crippen molar-refractivity contribution in [1.29, 1.82) is 0 Å². The summed E-state index contributed by atoms with van der Waals surface area (Å²) < 4.78 is 5.95. The average Bonchev–Trinajstić information content (AvgIpc) is 3.03. The van der Waals surface area contributed by atoms with E-state index in [1.54, 1.807) is 0 Å². The van der Waals surface area contributed by atoms with Crippen molar-refractivity contribution in [2.75, 3.05) is 6.61 Å². The molecule has 0 amide bonds. The van der Waals surface area contributed by atoms with E-state index in [1.165, 1.54) is 43.4 Å². The zero-order chi connectivity index (χ0) is 13.3. The second kappa shape index (κ2) is 5.25. The fourth-order valence-corrected chi connectivity index (χ4v) is 3.96. The van der Waals surface area contributed by atoms with Crippen LogP contribution in [0.5, 0.6) is 0 Å². The normalized spacial score (nSPS) is 28.7. The van der Waals surface area contributed by atoms with E-state index in [0.717, 1.165) is 13.2 Å². The molecule has 4 nitrogen and oxygen atoms in total. The van der Waals surface area contributed by atoms with Crippen LogP contribution in [0.4, 0.5) is 0 Å². The summed E-state index contributed by atoms with van der Waals surface area (Å²) in [5.41, 5.74) is 2.88. The van der Waals surface area contributed by atoms with E-state index in [9.17, 15) is 0 Å². The molecule has 106 valence electrons. The molecular formula is C15H25N3O. The second-order valence-electron chi connectivity index (χ2n) is 6.07. The SMILES string of the molecule is CCO[C@H]1C[C@@H](NCc2cn[nH]c2C)C12CCCC2. The molecule has 2 aliphatic rings. The van der Waals surface area contributed by atoms with E-state index in [1.807, 2.05) is 6.20 Å². The molecule has 1 aromatic heterocycles. The lowest BCUT2D eigenvalue weighted by Crippen LogP contribution is -2.62. The number of aromatic nitrogens is 2. The first-order chi connectivity index (χ1) is 9.26. The van der Waals surface area contributed by atoms with Gasteiger partial charge in [0, 0.05) is 35.9 Å². The number of rotatable bonds is 5. The molecule has 1 heterocycles. The van der Waals surface area contributed by atoms with Crippen molar-refractivity contribution in [2.24, 2.45) is 5.41 Å². The highest BCUT2D eigenvalue weighted by atomic mass is 16.5. The first kappa shape index (κ1) is 13.1. The van der Waals surface area contributed by atoms with Crippen LogP contribution in [0.25, 0.3) is 0 Å². The molecule has 3 rings (SSSR count). The number of aryl methyl sites for hydroxylation is 1. The van der Waals surface area contributed by atoms with Gasteiger partial charge in [0.25, 0.3) is 0 Å².